The number of rotatable bonds is 4. The van der Waals surface area contributed by atoms with E-state index in [1.54, 1.807) is 0 Å². The van der Waals surface area contributed by atoms with Gasteiger partial charge in [-0.3, -0.25) is 9.59 Å². The summed E-state index contributed by atoms with van der Waals surface area (Å²) < 4.78 is 0. The maximum Gasteiger partial charge on any atom is 0.242 e. The molecule has 1 heterocycles. The average Bonchev–Trinajstić information content (AvgIpc) is 2.28. The van der Waals surface area contributed by atoms with E-state index in [-0.39, 0.29) is 17.1 Å². The summed E-state index contributed by atoms with van der Waals surface area (Å²) in [5.41, 5.74) is 10.3. The molecule has 0 aliphatic heterocycles. The molecule has 0 spiro atoms. The van der Waals surface area contributed by atoms with Crippen LogP contribution < -0.4 is 11.5 Å². The number of nitrogen functional groups attached to an aromatic ring is 1. The van der Waals surface area contributed by atoms with Crippen LogP contribution in [-0.4, -0.2) is 21.7 Å². The van der Waals surface area contributed by atoms with Crippen molar-refractivity contribution in [3.05, 3.63) is 17.6 Å². The Kier molecular flexibility index (Phi) is 4.01. The minimum atomic E-state index is -1.58. The van der Waals surface area contributed by atoms with Crippen molar-refractivity contribution >= 4 is 30.1 Å². The van der Waals surface area contributed by atoms with E-state index in [0.29, 0.717) is 5.82 Å². The first-order valence-electron chi connectivity index (χ1n) is 4.46. The van der Waals surface area contributed by atoms with Crippen molar-refractivity contribution in [2.75, 3.05) is 5.73 Å². The van der Waals surface area contributed by atoms with E-state index in [9.17, 15) is 9.59 Å². The molecule has 0 aromatic carbocycles. The van der Waals surface area contributed by atoms with Gasteiger partial charge in [0.2, 0.25) is 5.91 Å². The van der Waals surface area contributed by atoms with Gasteiger partial charge in [-0.05, 0) is 0 Å². The van der Waals surface area contributed by atoms with E-state index in [0.717, 1.165) is 6.20 Å². The molecule has 0 aliphatic rings. The predicted molar refractivity (Wildman–Crippen MR) is 61.8 cm³/mol. The molecule has 0 bridgehead atoms. The molecular formula is C9H9N5O2S. The monoisotopic (exact) mass is 251 g/mol. The van der Waals surface area contributed by atoms with Crippen LogP contribution in [0.2, 0.25) is 0 Å². The Hall–Kier alpha value is -2.14. The number of amides is 1. The molecule has 88 valence electrons. The van der Waals surface area contributed by atoms with Gasteiger partial charge >= 0.3 is 0 Å². The van der Waals surface area contributed by atoms with Crippen LogP contribution in [0.1, 0.15) is 16.2 Å². The fraction of sp³-hybridized carbons (Fsp3) is 0.222. The predicted octanol–water partition coefficient (Wildman–Crippen LogP) is -0.704. The number of primary amides is 1. The van der Waals surface area contributed by atoms with Gasteiger partial charge in [0.15, 0.2) is 11.7 Å². The van der Waals surface area contributed by atoms with Gasteiger partial charge in [-0.25, -0.2) is 9.97 Å². The molecule has 4 N–H and O–H groups in total. The number of Topliss-reactive ketones (excluding diaryl/α,β-unsaturated/α-hetero) is 1. The standard InChI is InChI=1S/C9H9N5O2S/c10-1-4(9(12)16)7(15)5-2-13-6(3-17)14-8(5)11/h2,4,17H,3H2,(H2,12,16)(H2,11,13,14). The van der Waals surface area contributed by atoms with E-state index < -0.39 is 17.6 Å². The summed E-state index contributed by atoms with van der Waals surface area (Å²) in [6.45, 7) is 0. The van der Waals surface area contributed by atoms with Crippen LogP contribution >= 0.6 is 12.6 Å². The van der Waals surface area contributed by atoms with Crippen molar-refractivity contribution in [1.82, 2.24) is 9.97 Å². The molecule has 1 rings (SSSR count). The fourth-order valence-electron chi connectivity index (χ4n) is 1.11. The van der Waals surface area contributed by atoms with E-state index in [2.05, 4.69) is 22.6 Å². The zero-order valence-electron chi connectivity index (χ0n) is 8.62. The highest BCUT2D eigenvalue weighted by Gasteiger charge is 2.27. The zero-order valence-corrected chi connectivity index (χ0v) is 9.52. The van der Waals surface area contributed by atoms with Gasteiger partial charge in [0, 0.05) is 6.20 Å². The Morgan fingerprint density at radius 1 is 1.59 bits per heavy atom. The maximum absolute atomic E-state index is 11.7. The normalized spacial score (nSPS) is 11.5. The summed E-state index contributed by atoms with van der Waals surface area (Å²) >= 11 is 3.94. The summed E-state index contributed by atoms with van der Waals surface area (Å²) in [7, 11) is 0. The van der Waals surface area contributed by atoms with Crippen LogP contribution in [0, 0.1) is 17.2 Å². The molecule has 1 unspecified atom stereocenters. The van der Waals surface area contributed by atoms with Crippen molar-refractivity contribution in [1.29, 1.82) is 5.26 Å². The highest BCUT2D eigenvalue weighted by atomic mass is 32.1. The second-order valence-electron chi connectivity index (χ2n) is 3.07. The summed E-state index contributed by atoms with van der Waals surface area (Å²) in [6, 6.07) is 1.51. The lowest BCUT2D eigenvalue weighted by Crippen LogP contribution is -2.30. The molecule has 7 nitrogen and oxygen atoms in total. The number of anilines is 1. The smallest absolute Gasteiger partial charge is 0.242 e. The zero-order chi connectivity index (χ0) is 13.0. The number of carbonyl (C=O) groups excluding carboxylic acids is 2. The van der Waals surface area contributed by atoms with Crippen LogP contribution in [0.3, 0.4) is 0 Å². The maximum atomic E-state index is 11.7. The third-order valence-electron chi connectivity index (χ3n) is 1.95. The summed E-state index contributed by atoms with van der Waals surface area (Å²) in [6.07, 6.45) is 1.16. The number of hydrogen-bond donors (Lipinski definition) is 3. The Bertz CT molecular complexity index is 511. The van der Waals surface area contributed by atoms with Crippen LogP contribution in [0.15, 0.2) is 6.20 Å². The van der Waals surface area contributed by atoms with Crippen molar-refractivity contribution in [3.63, 3.8) is 0 Å². The average molecular weight is 251 g/mol. The van der Waals surface area contributed by atoms with Gasteiger partial charge in [-0.15, -0.1) is 0 Å². The molecule has 0 saturated heterocycles. The van der Waals surface area contributed by atoms with Gasteiger partial charge < -0.3 is 11.5 Å². The van der Waals surface area contributed by atoms with Gasteiger partial charge in [-0.2, -0.15) is 17.9 Å². The van der Waals surface area contributed by atoms with E-state index in [1.165, 1.54) is 6.07 Å². The molecule has 1 aromatic heterocycles. The Labute approximate surface area is 102 Å². The number of thiol groups is 1. The first kappa shape index (κ1) is 12.9. The van der Waals surface area contributed by atoms with Gasteiger partial charge in [0.05, 0.1) is 17.4 Å². The van der Waals surface area contributed by atoms with Crippen molar-refractivity contribution in [2.45, 2.75) is 5.75 Å². The SMILES string of the molecule is N#CC(C(N)=O)C(=O)c1cnc(CS)nc1N. The van der Waals surface area contributed by atoms with Crippen LogP contribution in [0.25, 0.3) is 0 Å². The topological polar surface area (TPSA) is 136 Å². The first-order chi connectivity index (χ1) is 8.01. The fourth-order valence-corrected chi connectivity index (χ4v) is 1.26. The first-order valence-corrected chi connectivity index (χ1v) is 5.10. The van der Waals surface area contributed by atoms with Gasteiger partial charge in [0.1, 0.15) is 11.6 Å². The second-order valence-corrected chi connectivity index (χ2v) is 3.39. The minimum Gasteiger partial charge on any atom is -0.383 e. The molecule has 0 aliphatic carbocycles. The second kappa shape index (κ2) is 5.27. The summed E-state index contributed by atoms with van der Waals surface area (Å²) in [5, 5.41) is 8.65. The van der Waals surface area contributed by atoms with Crippen LogP contribution in [-0.2, 0) is 10.5 Å². The largest absolute Gasteiger partial charge is 0.383 e. The summed E-state index contributed by atoms with van der Waals surface area (Å²) in [4.78, 5) is 30.2. The van der Waals surface area contributed by atoms with Gasteiger partial charge in [0.25, 0.3) is 0 Å². The van der Waals surface area contributed by atoms with Crippen molar-refractivity contribution in [2.24, 2.45) is 11.7 Å². The highest BCUT2D eigenvalue weighted by molar-refractivity contribution is 7.79. The van der Waals surface area contributed by atoms with Crippen LogP contribution in [0.4, 0.5) is 5.82 Å². The molecule has 0 saturated carbocycles. The van der Waals surface area contributed by atoms with Crippen molar-refractivity contribution < 1.29 is 9.59 Å². The quantitative estimate of drug-likeness (QED) is 0.367. The van der Waals surface area contributed by atoms with Crippen molar-refractivity contribution in [3.8, 4) is 6.07 Å². The Morgan fingerprint density at radius 3 is 2.65 bits per heavy atom. The number of ketones is 1. The Balaban J connectivity index is 3.13. The number of carbonyl (C=O) groups is 2. The molecule has 0 radical (unpaired) electrons. The number of aromatic nitrogens is 2. The summed E-state index contributed by atoms with van der Waals surface area (Å²) in [5.74, 6) is -2.91. The Morgan fingerprint density at radius 2 is 2.24 bits per heavy atom. The van der Waals surface area contributed by atoms with Crippen LogP contribution in [0.5, 0.6) is 0 Å². The highest BCUT2D eigenvalue weighted by Crippen LogP contribution is 2.14. The molecule has 0 fully saturated rings. The van der Waals surface area contributed by atoms with E-state index in [4.69, 9.17) is 16.7 Å². The third-order valence-corrected chi connectivity index (χ3v) is 2.23. The molecule has 17 heavy (non-hydrogen) atoms. The number of nitrogens with two attached hydrogens (primary N) is 2. The number of nitrogens with zero attached hydrogens (tertiary/aromatic N) is 3. The molecule has 1 amide bonds. The molecule has 1 aromatic rings. The lowest BCUT2D eigenvalue weighted by atomic mass is 10.00. The number of nitriles is 1. The minimum absolute atomic E-state index is 0.0964. The number of hydrogen-bond acceptors (Lipinski definition) is 7. The molecule has 1 atom stereocenters. The third kappa shape index (κ3) is 2.70. The molecular weight excluding hydrogens is 242 g/mol. The lowest BCUT2D eigenvalue weighted by Gasteiger charge is -2.06. The van der Waals surface area contributed by atoms with Gasteiger partial charge in [-0.1, -0.05) is 0 Å². The lowest BCUT2D eigenvalue weighted by molar-refractivity contribution is -0.119. The van der Waals surface area contributed by atoms with E-state index >= 15 is 0 Å². The molecule has 8 heteroatoms. The van der Waals surface area contributed by atoms with E-state index in [1.807, 2.05) is 0 Å².